The first kappa shape index (κ1) is 14.4. The molecule has 1 aliphatic carbocycles. The van der Waals surface area contributed by atoms with E-state index in [0.717, 1.165) is 31.4 Å². The minimum atomic E-state index is -0.866. The molecule has 1 aliphatic rings. The fraction of sp³-hybridized carbons (Fsp3) is 0.625. The monoisotopic (exact) mass is 263 g/mol. The molecule has 0 aliphatic heterocycles. The van der Waals surface area contributed by atoms with Crippen LogP contribution in [0.5, 0.6) is 5.75 Å². The lowest BCUT2D eigenvalue weighted by Gasteiger charge is -2.37. The molecule has 2 unspecified atom stereocenters. The van der Waals surface area contributed by atoms with Crippen LogP contribution in [0.25, 0.3) is 0 Å². The van der Waals surface area contributed by atoms with E-state index in [1.54, 1.807) is 0 Å². The van der Waals surface area contributed by atoms with Gasteiger partial charge in [-0.25, -0.2) is 0 Å². The number of nitrogens with two attached hydrogens (primary N) is 1. The van der Waals surface area contributed by atoms with Crippen molar-refractivity contribution in [3.8, 4) is 5.75 Å². The van der Waals surface area contributed by atoms with E-state index in [0.29, 0.717) is 5.92 Å². The first-order chi connectivity index (χ1) is 9.01. The predicted octanol–water partition coefficient (Wildman–Crippen LogP) is 2.82. The van der Waals surface area contributed by atoms with Crippen LogP contribution in [0.3, 0.4) is 0 Å². The summed E-state index contributed by atoms with van der Waals surface area (Å²) in [5.74, 6) is 1.32. The van der Waals surface area contributed by atoms with Crippen molar-refractivity contribution in [3.63, 3.8) is 0 Å². The van der Waals surface area contributed by atoms with Crippen LogP contribution in [0.15, 0.2) is 24.3 Å². The quantitative estimate of drug-likeness (QED) is 0.878. The van der Waals surface area contributed by atoms with E-state index >= 15 is 0 Å². The Morgan fingerprint density at radius 1 is 1.32 bits per heavy atom. The summed E-state index contributed by atoms with van der Waals surface area (Å²) in [4.78, 5) is 0. The molecule has 0 heterocycles. The van der Waals surface area contributed by atoms with Crippen molar-refractivity contribution in [3.05, 3.63) is 29.8 Å². The molecule has 0 bridgehead atoms. The van der Waals surface area contributed by atoms with Crippen LogP contribution in [-0.2, 0) is 0 Å². The van der Waals surface area contributed by atoms with Crippen LogP contribution in [-0.4, -0.2) is 23.4 Å². The molecule has 3 heteroatoms. The van der Waals surface area contributed by atoms with Gasteiger partial charge in [0.2, 0.25) is 0 Å². The van der Waals surface area contributed by atoms with E-state index in [1.165, 1.54) is 5.56 Å². The van der Waals surface area contributed by atoms with Gasteiger partial charge in [-0.15, -0.1) is 0 Å². The van der Waals surface area contributed by atoms with E-state index < -0.39 is 5.60 Å². The third-order valence-electron chi connectivity index (χ3n) is 4.10. The lowest BCUT2D eigenvalue weighted by molar-refractivity contribution is -0.0489. The first-order valence-corrected chi connectivity index (χ1v) is 7.22. The molecule has 0 saturated heterocycles. The van der Waals surface area contributed by atoms with Crippen molar-refractivity contribution < 1.29 is 9.84 Å². The van der Waals surface area contributed by atoms with Gasteiger partial charge in [0, 0.05) is 6.04 Å². The molecule has 1 saturated carbocycles. The molecule has 3 N–H and O–H groups in total. The van der Waals surface area contributed by atoms with Crippen molar-refractivity contribution in [1.82, 2.24) is 0 Å². The van der Waals surface area contributed by atoms with Crippen LogP contribution < -0.4 is 10.5 Å². The Bertz CT molecular complexity index is 402. The molecular weight excluding hydrogens is 238 g/mol. The van der Waals surface area contributed by atoms with Crippen LogP contribution in [0, 0.1) is 0 Å². The summed E-state index contributed by atoms with van der Waals surface area (Å²) in [5.41, 5.74) is 6.44. The van der Waals surface area contributed by atoms with Gasteiger partial charge in [-0.1, -0.05) is 38.8 Å². The number of hydrogen-bond acceptors (Lipinski definition) is 3. The van der Waals surface area contributed by atoms with Crippen LogP contribution in [0.2, 0.25) is 0 Å². The maximum atomic E-state index is 10.5. The summed E-state index contributed by atoms with van der Waals surface area (Å²) >= 11 is 0. The third-order valence-corrected chi connectivity index (χ3v) is 4.10. The summed E-state index contributed by atoms with van der Waals surface area (Å²) in [6.45, 7) is 4.62. The van der Waals surface area contributed by atoms with Gasteiger partial charge in [0.1, 0.15) is 18.0 Å². The second-order valence-corrected chi connectivity index (χ2v) is 5.97. The normalized spacial score (nSPS) is 27.5. The van der Waals surface area contributed by atoms with Crippen LogP contribution >= 0.6 is 0 Å². The smallest absolute Gasteiger partial charge is 0.119 e. The lowest BCUT2D eigenvalue weighted by atomic mass is 9.81. The molecule has 19 heavy (non-hydrogen) atoms. The highest BCUT2D eigenvalue weighted by Gasteiger charge is 2.37. The Labute approximate surface area is 115 Å². The highest BCUT2D eigenvalue weighted by Crippen LogP contribution is 2.28. The first-order valence-electron chi connectivity index (χ1n) is 7.22. The number of ether oxygens (including phenoxy) is 1. The minimum absolute atomic E-state index is 0.170. The van der Waals surface area contributed by atoms with Crippen molar-refractivity contribution in [2.24, 2.45) is 5.73 Å². The van der Waals surface area contributed by atoms with Gasteiger partial charge in [-0.2, -0.15) is 0 Å². The molecule has 1 fully saturated rings. The maximum absolute atomic E-state index is 10.5. The molecule has 0 amide bonds. The SMILES string of the molecule is CC(C)c1ccc(OCC2(O)CCCCC2N)cc1. The number of benzene rings is 1. The number of aliphatic hydroxyl groups is 1. The van der Waals surface area contributed by atoms with Crippen molar-refractivity contribution in [2.45, 2.75) is 57.1 Å². The molecule has 106 valence electrons. The van der Waals surface area contributed by atoms with Crippen molar-refractivity contribution >= 4 is 0 Å². The summed E-state index contributed by atoms with van der Waals surface area (Å²) in [5, 5.41) is 10.5. The van der Waals surface area contributed by atoms with Gasteiger partial charge < -0.3 is 15.6 Å². The summed E-state index contributed by atoms with van der Waals surface area (Å²) in [7, 11) is 0. The molecule has 0 aromatic heterocycles. The standard InChI is InChI=1S/C16H25NO2/c1-12(2)13-6-8-14(9-7-13)19-11-16(18)10-4-3-5-15(16)17/h6-9,12,15,18H,3-5,10-11,17H2,1-2H3. The average Bonchev–Trinajstić information content (AvgIpc) is 2.41. The van der Waals surface area contributed by atoms with Crippen molar-refractivity contribution in [2.75, 3.05) is 6.61 Å². The molecule has 1 aromatic rings. The van der Waals surface area contributed by atoms with E-state index in [9.17, 15) is 5.11 Å². The van der Waals surface area contributed by atoms with Gasteiger partial charge >= 0.3 is 0 Å². The molecule has 0 radical (unpaired) electrons. The fourth-order valence-corrected chi connectivity index (χ4v) is 2.59. The zero-order valence-electron chi connectivity index (χ0n) is 11.9. The Balaban J connectivity index is 1.94. The molecule has 1 aromatic carbocycles. The summed E-state index contributed by atoms with van der Waals surface area (Å²) in [6, 6.07) is 7.91. The Hall–Kier alpha value is -1.06. The fourth-order valence-electron chi connectivity index (χ4n) is 2.59. The van der Waals surface area contributed by atoms with Gasteiger partial charge in [-0.3, -0.25) is 0 Å². The van der Waals surface area contributed by atoms with Crippen LogP contribution in [0.4, 0.5) is 0 Å². The topological polar surface area (TPSA) is 55.5 Å². The van der Waals surface area contributed by atoms with E-state index in [1.807, 2.05) is 12.1 Å². The van der Waals surface area contributed by atoms with E-state index in [2.05, 4.69) is 26.0 Å². The second-order valence-electron chi connectivity index (χ2n) is 5.97. The largest absolute Gasteiger partial charge is 0.491 e. The zero-order valence-corrected chi connectivity index (χ0v) is 11.9. The Kier molecular flexibility index (Phi) is 4.48. The molecule has 0 spiro atoms. The summed E-state index contributed by atoms with van der Waals surface area (Å²) in [6.07, 6.45) is 3.75. The predicted molar refractivity (Wildman–Crippen MR) is 77.4 cm³/mol. The third kappa shape index (κ3) is 3.48. The zero-order chi connectivity index (χ0) is 13.9. The highest BCUT2D eigenvalue weighted by molar-refractivity contribution is 5.29. The Morgan fingerprint density at radius 3 is 2.58 bits per heavy atom. The molecule has 2 rings (SSSR count). The second kappa shape index (κ2) is 5.93. The van der Waals surface area contributed by atoms with Gasteiger partial charge in [0.25, 0.3) is 0 Å². The van der Waals surface area contributed by atoms with Gasteiger partial charge in [-0.05, 0) is 36.5 Å². The lowest BCUT2D eigenvalue weighted by Crippen LogP contribution is -2.54. The molecular formula is C16H25NO2. The molecule has 3 nitrogen and oxygen atoms in total. The highest BCUT2D eigenvalue weighted by atomic mass is 16.5. The number of rotatable bonds is 4. The summed E-state index contributed by atoms with van der Waals surface area (Å²) < 4.78 is 5.72. The maximum Gasteiger partial charge on any atom is 0.119 e. The Morgan fingerprint density at radius 2 is 2.00 bits per heavy atom. The van der Waals surface area contributed by atoms with E-state index in [4.69, 9.17) is 10.5 Å². The average molecular weight is 263 g/mol. The van der Waals surface area contributed by atoms with E-state index in [-0.39, 0.29) is 12.6 Å². The van der Waals surface area contributed by atoms with Gasteiger partial charge in [0.15, 0.2) is 0 Å². The van der Waals surface area contributed by atoms with Crippen LogP contribution in [0.1, 0.15) is 51.0 Å². The van der Waals surface area contributed by atoms with Gasteiger partial charge in [0.05, 0.1) is 0 Å². The molecule has 2 atom stereocenters. The number of hydrogen-bond donors (Lipinski definition) is 2. The minimum Gasteiger partial charge on any atom is -0.491 e. The van der Waals surface area contributed by atoms with Crippen molar-refractivity contribution in [1.29, 1.82) is 0 Å².